The molecule has 2 rings (SSSR count). The van der Waals surface area contributed by atoms with Gasteiger partial charge in [0.15, 0.2) is 5.78 Å². The Morgan fingerprint density at radius 1 is 1.24 bits per heavy atom. The maximum absolute atomic E-state index is 12.6. The van der Waals surface area contributed by atoms with Crippen LogP contribution in [0.25, 0.3) is 0 Å². The Kier molecular flexibility index (Phi) is 6.79. The van der Waals surface area contributed by atoms with Crippen LogP contribution in [-0.4, -0.2) is 17.5 Å². The zero-order valence-corrected chi connectivity index (χ0v) is 14.1. The van der Waals surface area contributed by atoms with Gasteiger partial charge in [-0.1, -0.05) is 36.4 Å². The number of aromatic hydroxyl groups is 1. The molecule has 0 unspecified atom stereocenters. The molecule has 128 valence electrons. The van der Waals surface area contributed by atoms with Crippen LogP contribution in [0.1, 0.15) is 40.7 Å². The summed E-state index contributed by atoms with van der Waals surface area (Å²) >= 11 is 0. The molecule has 0 radical (unpaired) electrons. The Bertz CT molecular complexity index is 776. The molecule has 0 spiro atoms. The Hall–Kier alpha value is -3.06. The average Bonchev–Trinajstić information content (AvgIpc) is 2.63. The summed E-state index contributed by atoms with van der Waals surface area (Å²) in [7, 11) is 0. The van der Waals surface area contributed by atoms with E-state index >= 15 is 0 Å². The molecule has 0 bridgehead atoms. The van der Waals surface area contributed by atoms with Gasteiger partial charge in [-0.2, -0.15) is 5.26 Å². The first-order valence-electron chi connectivity index (χ1n) is 8.23. The second-order valence-electron chi connectivity index (χ2n) is 5.63. The highest BCUT2D eigenvalue weighted by Gasteiger charge is 2.17. The van der Waals surface area contributed by atoms with Crippen molar-refractivity contribution in [3.63, 3.8) is 0 Å². The summed E-state index contributed by atoms with van der Waals surface area (Å²) in [5.74, 6) is 0.205. The third-order valence-corrected chi connectivity index (χ3v) is 3.76. The lowest BCUT2D eigenvalue weighted by molar-refractivity contribution is 0.103. The van der Waals surface area contributed by atoms with Crippen LogP contribution in [-0.2, 0) is 6.42 Å². The number of allylic oxidation sites excluding steroid dienone is 1. The highest BCUT2D eigenvalue weighted by Crippen LogP contribution is 2.31. The molecule has 4 nitrogen and oxygen atoms in total. The van der Waals surface area contributed by atoms with Crippen molar-refractivity contribution in [3.05, 3.63) is 71.8 Å². The average molecular weight is 335 g/mol. The van der Waals surface area contributed by atoms with Gasteiger partial charge >= 0.3 is 0 Å². The van der Waals surface area contributed by atoms with E-state index in [2.05, 4.69) is 12.6 Å². The van der Waals surface area contributed by atoms with Crippen molar-refractivity contribution in [2.45, 2.75) is 25.7 Å². The number of nitrogens with zero attached hydrogens (tertiary/aromatic N) is 1. The largest absolute Gasteiger partial charge is 0.507 e. The van der Waals surface area contributed by atoms with E-state index in [1.54, 1.807) is 36.4 Å². The molecule has 0 saturated heterocycles. The monoisotopic (exact) mass is 335 g/mol. The summed E-state index contributed by atoms with van der Waals surface area (Å²) in [5.41, 5.74) is 1.57. The van der Waals surface area contributed by atoms with Gasteiger partial charge < -0.3 is 9.84 Å². The van der Waals surface area contributed by atoms with E-state index in [4.69, 9.17) is 10.00 Å². The molecule has 0 heterocycles. The van der Waals surface area contributed by atoms with Crippen molar-refractivity contribution in [1.82, 2.24) is 0 Å². The highest BCUT2D eigenvalue weighted by molar-refractivity contribution is 6.10. The van der Waals surface area contributed by atoms with Gasteiger partial charge in [0.05, 0.1) is 18.2 Å². The molecule has 0 aliphatic heterocycles. The quantitative estimate of drug-likeness (QED) is 0.418. The SMILES string of the molecule is C=CCc1cc(C(=O)c2ccccc2)c(O)cc1OCCCCC#N. The molecule has 0 amide bonds. The highest BCUT2D eigenvalue weighted by atomic mass is 16.5. The second-order valence-corrected chi connectivity index (χ2v) is 5.63. The minimum Gasteiger partial charge on any atom is -0.507 e. The predicted octanol–water partition coefficient (Wildman–Crippen LogP) is 4.42. The van der Waals surface area contributed by atoms with Crippen molar-refractivity contribution in [2.75, 3.05) is 6.61 Å². The van der Waals surface area contributed by atoms with E-state index in [1.807, 2.05) is 6.07 Å². The number of ether oxygens (including phenoxy) is 1. The van der Waals surface area contributed by atoms with E-state index in [9.17, 15) is 9.90 Å². The number of unbranched alkanes of at least 4 members (excludes halogenated alkanes) is 2. The number of carbonyl (C=O) groups is 1. The van der Waals surface area contributed by atoms with Gasteiger partial charge in [-0.3, -0.25) is 4.79 Å². The van der Waals surface area contributed by atoms with Crippen LogP contribution in [0, 0.1) is 11.3 Å². The molecule has 0 aliphatic carbocycles. The lowest BCUT2D eigenvalue weighted by Gasteiger charge is -2.13. The number of hydrogen-bond acceptors (Lipinski definition) is 4. The van der Waals surface area contributed by atoms with Gasteiger partial charge in [0.25, 0.3) is 0 Å². The molecule has 1 N–H and O–H groups in total. The van der Waals surface area contributed by atoms with Gasteiger partial charge in [0.1, 0.15) is 11.5 Å². The first kappa shape index (κ1) is 18.3. The molecule has 4 heteroatoms. The summed E-state index contributed by atoms with van der Waals surface area (Å²) in [5, 5.41) is 18.8. The van der Waals surface area contributed by atoms with Crippen LogP contribution >= 0.6 is 0 Å². The van der Waals surface area contributed by atoms with Crippen molar-refractivity contribution in [2.24, 2.45) is 0 Å². The zero-order valence-electron chi connectivity index (χ0n) is 14.1. The number of rotatable bonds is 9. The zero-order chi connectivity index (χ0) is 18.1. The number of phenols is 1. The van der Waals surface area contributed by atoms with Crippen LogP contribution in [0.4, 0.5) is 0 Å². The molecule has 25 heavy (non-hydrogen) atoms. The van der Waals surface area contributed by atoms with E-state index in [0.29, 0.717) is 30.8 Å². The van der Waals surface area contributed by atoms with Gasteiger partial charge in [-0.15, -0.1) is 6.58 Å². The van der Waals surface area contributed by atoms with Gasteiger partial charge in [0.2, 0.25) is 0 Å². The molecular formula is C21H21NO3. The molecular weight excluding hydrogens is 314 g/mol. The maximum atomic E-state index is 12.6. The van der Waals surface area contributed by atoms with Gasteiger partial charge in [0, 0.05) is 18.1 Å². The van der Waals surface area contributed by atoms with Crippen molar-refractivity contribution in [1.29, 1.82) is 5.26 Å². The van der Waals surface area contributed by atoms with Crippen molar-refractivity contribution in [3.8, 4) is 17.6 Å². The second kappa shape index (κ2) is 9.29. The predicted molar refractivity (Wildman–Crippen MR) is 96.8 cm³/mol. The molecule has 2 aromatic rings. The smallest absolute Gasteiger partial charge is 0.196 e. The summed E-state index contributed by atoms with van der Waals surface area (Å²) in [4.78, 5) is 12.6. The van der Waals surface area contributed by atoms with E-state index in [-0.39, 0.29) is 17.1 Å². The molecule has 0 aromatic heterocycles. The van der Waals surface area contributed by atoms with E-state index < -0.39 is 0 Å². The van der Waals surface area contributed by atoms with Crippen molar-refractivity contribution >= 4 is 5.78 Å². The van der Waals surface area contributed by atoms with Crippen molar-refractivity contribution < 1.29 is 14.6 Å². The first-order chi connectivity index (χ1) is 12.2. The van der Waals surface area contributed by atoms with Gasteiger partial charge in [-0.05, 0) is 30.9 Å². The number of hydrogen-bond donors (Lipinski definition) is 1. The third kappa shape index (κ3) is 4.95. The topological polar surface area (TPSA) is 70.3 Å². The minimum absolute atomic E-state index is 0.103. The maximum Gasteiger partial charge on any atom is 0.196 e. The van der Waals surface area contributed by atoms with Crippen LogP contribution in [0.2, 0.25) is 0 Å². The molecule has 0 fully saturated rings. The first-order valence-corrected chi connectivity index (χ1v) is 8.23. The van der Waals surface area contributed by atoms with Crippen LogP contribution in [0.5, 0.6) is 11.5 Å². The number of benzene rings is 2. The fourth-order valence-electron chi connectivity index (χ4n) is 2.48. The molecule has 0 atom stereocenters. The Labute approximate surface area is 148 Å². The number of carbonyl (C=O) groups excluding carboxylic acids is 1. The number of ketones is 1. The van der Waals surface area contributed by atoms with E-state index in [1.165, 1.54) is 6.07 Å². The summed E-state index contributed by atoms with van der Waals surface area (Å²) in [6, 6.07) is 14.1. The standard InChI is InChI=1S/C21H21NO3/c1-2-9-17-14-18(21(24)16-10-5-3-6-11-16)19(23)15-20(17)25-13-8-4-7-12-22/h2-3,5-6,10-11,14-15,23H,1,4,7-9,13H2. The van der Waals surface area contributed by atoms with Gasteiger partial charge in [-0.25, -0.2) is 0 Å². The molecule has 0 aliphatic rings. The normalized spacial score (nSPS) is 10.0. The molecule has 2 aromatic carbocycles. The number of phenolic OH excluding ortho intramolecular Hbond substituents is 1. The Morgan fingerprint density at radius 2 is 2.00 bits per heavy atom. The lowest BCUT2D eigenvalue weighted by atomic mass is 9.98. The summed E-state index contributed by atoms with van der Waals surface area (Å²) in [6.45, 7) is 4.19. The Morgan fingerprint density at radius 3 is 2.68 bits per heavy atom. The minimum atomic E-state index is -0.232. The van der Waals surface area contributed by atoms with E-state index in [0.717, 1.165) is 18.4 Å². The van der Waals surface area contributed by atoms with Crippen LogP contribution in [0.3, 0.4) is 0 Å². The lowest BCUT2D eigenvalue weighted by Crippen LogP contribution is -2.05. The summed E-state index contributed by atoms with van der Waals surface area (Å²) < 4.78 is 5.73. The molecule has 0 saturated carbocycles. The fraction of sp³-hybridized carbons (Fsp3) is 0.238. The fourth-order valence-corrected chi connectivity index (χ4v) is 2.48. The van der Waals surface area contributed by atoms with Crippen LogP contribution < -0.4 is 4.74 Å². The number of nitriles is 1. The Balaban J connectivity index is 2.23. The van der Waals surface area contributed by atoms with Crippen LogP contribution in [0.15, 0.2) is 55.1 Å². The summed E-state index contributed by atoms with van der Waals surface area (Å²) in [6.07, 6.45) is 4.28. The third-order valence-electron chi connectivity index (χ3n) is 3.76.